The molecule has 5 rings (SSSR count). The first-order valence-electron chi connectivity index (χ1n) is 12.7. The molecule has 0 bridgehead atoms. The van der Waals surface area contributed by atoms with Crippen LogP contribution in [-0.4, -0.2) is 69.0 Å². The molecule has 0 aromatic carbocycles. The molecule has 1 saturated heterocycles. The van der Waals surface area contributed by atoms with E-state index in [4.69, 9.17) is 9.47 Å². The van der Waals surface area contributed by atoms with Crippen LogP contribution in [0.25, 0.3) is 0 Å². The summed E-state index contributed by atoms with van der Waals surface area (Å²) < 4.78 is 11.4. The Morgan fingerprint density at radius 1 is 0.970 bits per heavy atom. The van der Waals surface area contributed by atoms with Gasteiger partial charge in [0.25, 0.3) is 0 Å². The molecule has 4 N–H and O–H groups in total. The number of hydrogen-bond donors (Lipinski definition) is 4. The van der Waals surface area contributed by atoms with Crippen molar-refractivity contribution < 1.29 is 39.5 Å². The Balaban J connectivity index is 1.26. The first kappa shape index (κ1) is 23.7. The van der Waals surface area contributed by atoms with Crippen molar-refractivity contribution in [3.05, 3.63) is 0 Å². The Hall–Kier alpha value is -1.06. The predicted octanol–water partition coefficient (Wildman–Crippen LogP) is 1.88. The molecule has 8 nitrogen and oxygen atoms in total. The van der Waals surface area contributed by atoms with Gasteiger partial charge in [-0.1, -0.05) is 13.8 Å². The molecule has 1 unspecified atom stereocenters. The zero-order valence-corrected chi connectivity index (χ0v) is 19.6. The van der Waals surface area contributed by atoms with Gasteiger partial charge in [0.1, 0.15) is 24.1 Å². The first-order chi connectivity index (χ1) is 15.6. The number of Topliss-reactive ketones (excluding diaryl/α,β-unsaturated/α-hetero) is 1. The Kier molecular flexibility index (Phi) is 5.93. The van der Waals surface area contributed by atoms with Crippen LogP contribution in [-0.2, 0) is 19.1 Å². The lowest BCUT2D eigenvalue weighted by Gasteiger charge is -2.60. The average Bonchev–Trinajstić information content (AvgIpc) is 3.08. The lowest BCUT2D eigenvalue weighted by atomic mass is 9.45. The molecule has 0 spiro atoms. The average molecular weight is 467 g/mol. The monoisotopic (exact) mass is 466 g/mol. The molecule has 0 aromatic heterocycles. The zero-order chi connectivity index (χ0) is 23.7. The van der Waals surface area contributed by atoms with Crippen molar-refractivity contribution in [1.82, 2.24) is 0 Å². The number of ketones is 1. The topological polar surface area (TPSA) is 134 Å². The second-order valence-corrected chi connectivity index (χ2v) is 11.8. The second kappa shape index (κ2) is 8.26. The second-order valence-electron chi connectivity index (χ2n) is 11.8. The van der Waals surface area contributed by atoms with Gasteiger partial charge in [-0.15, -0.1) is 0 Å². The van der Waals surface area contributed by atoms with Crippen LogP contribution in [0, 0.1) is 34.5 Å². The Morgan fingerprint density at radius 2 is 1.73 bits per heavy atom. The highest BCUT2D eigenvalue weighted by atomic mass is 16.7. The largest absolute Gasteiger partial charge is 0.479 e. The van der Waals surface area contributed by atoms with E-state index in [9.17, 15) is 30.0 Å². The highest BCUT2D eigenvalue weighted by Crippen LogP contribution is 2.65. The highest BCUT2D eigenvalue weighted by Gasteiger charge is 2.60. The van der Waals surface area contributed by atoms with Crippen LogP contribution in [0.1, 0.15) is 71.6 Å². The van der Waals surface area contributed by atoms with Crippen LogP contribution >= 0.6 is 0 Å². The van der Waals surface area contributed by atoms with Crippen LogP contribution in [0.2, 0.25) is 0 Å². The number of aliphatic hydroxyl groups excluding tert-OH is 3. The Labute approximate surface area is 194 Å². The van der Waals surface area contributed by atoms with Gasteiger partial charge in [-0.2, -0.15) is 0 Å². The standard InChI is InChI=1S/C25H38O8/c1-24-9-7-13(32-23-20(29)18(27)19(28)21(33-23)22(30)31)11-12(24)3-4-14-15-5-6-17(26)25(15,2)10-8-16(14)24/h12-16,18-21,23,27-29H,3-11H2,1-2H3,(H,30,31)/t12?,13-,14+,15+,16+,18+,19+,20-,21+,23-,24+,25+/m1/s1. The third kappa shape index (κ3) is 3.59. The molecule has 0 amide bonds. The van der Waals surface area contributed by atoms with Crippen LogP contribution in [0.15, 0.2) is 0 Å². The fraction of sp³-hybridized carbons (Fsp3) is 0.920. The molecular weight excluding hydrogens is 428 g/mol. The molecule has 4 aliphatic carbocycles. The first-order valence-corrected chi connectivity index (χ1v) is 12.7. The minimum Gasteiger partial charge on any atom is -0.479 e. The van der Waals surface area contributed by atoms with E-state index < -0.39 is 36.7 Å². The minimum absolute atomic E-state index is 0.120. The van der Waals surface area contributed by atoms with Crippen LogP contribution in [0.5, 0.6) is 0 Å². The van der Waals surface area contributed by atoms with Crippen LogP contribution in [0.4, 0.5) is 0 Å². The molecule has 5 fully saturated rings. The summed E-state index contributed by atoms with van der Waals surface area (Å²) in [5, 5.41) is 39.6. The van der Waals surface area contributed by atoms with Crippen molar-refractivity contribution in [3.8, 4) is 0 Å². The number of hydrogen-bond acceptors (Lipinski definition) is 7. The maximum Gasteiger partial charge on any atom is 0.335 e. The molecule has 5 aliphatic rings. The zero-order valence-electron chi connectivity index (χ0n) is 19.6. The lowest BCUT2D eigenvalue weighted by molar-refractivity contribution is -0.309. The number of fused-ring (bicyclic) bond motifs is 5. The van der Waals surface area contributed by atoms with Crippen molar-refractivity contribution in [1.29, 1.82) is 0 Å². The fourth-order valence-corrected chi connectivity index (χ4v) is 8.47. The van der Waals surface area contributed by atoms with E-state index in [-0.39, 0.29) is 16.9 Å². The van der Waals surface area contributed by atoms with E-state index in [0.717, 1.165) is 57.8 Å². The van der Waals surface area contributed by atoms with E-state index in [1.165, 1.54) is 0 Å². The number of carbonyl (C=O) groups is 2. The molecule has 1 aliphatic heterocycles. The summed E-state index contributed by atoms with van der Waals surface area (Å²) in [6.45, 7) is 4.62. The van der Waals surface area contributed by atoms with Crippen LogP contribution < -0.4 is 0 Å². The van der Waals surface area contributed by atoms with Gasteiger partial charge in [0, 0.05) is 11.8 Å². The van der Waals surface area contributed by atoms with E-state index in [1.807, 2.05) is 0 Å². The number of ether oxygens (including phenoxy) is 2. The number of carboxylic acid groups (broad SMARTS) is 1. The summed E-state index contributed by atoms with van der Waals surface area (Å²) in [4.78, 5) is 24.0. The maximum absolute atomic E-state index is 12.6. The number of aliphatic carboxylic acids is 1. The van der Waals surface area contributed by atoms with Gasteiger partial charge in [-0.3, -0.25) is 4.79 Å². The smallest absolute Gasteiger partial charge is 0.335 e. The van der Waals surface area contributed by atoms with Crippen molar-refractivity contribution in [3.63, 3.8) is 0 Å². The predicted molar refractivity (Wildman–Crippen MR) is 116 cm³/mol. The molecule has 1 heterocycles. The molecule has 0 aromatic rings. The third-order valence-electron chi connectivity index (χ3n) is 10.5. The van der Waals surface area contributed by atoms with Gasteiger partial charge in [0.2, 0.25) is 0 Å². The Bertz CT molecular complexity index is 801. The molecule has 33 heavy (non-hydrogen) atoms. The highest BCUT2D eigenvalue weighted by molar-refractivity contribution is 5.87. The maximum atomic E-state index is 12.6. The van der Waals surface area contributed by atoms with E-state index in [2.05, 4.69) is 13.8 Å². The molecular formula is C25H38O8. The molecule has 8 heteroatoms. The van der Waals surface area contributed by atoms with Crippen LogP contribution in [0.3, 0.4) is 0 Å². The van der Waals surface area contributed by atoms with Gasteiger partial charge in [-0.05, 0) is 80.5 Å². The fourth-order valence-electron chi connectivity index (χ4n) is 8.47. The third-order valence-corrected chi connectivity index (χ3v) is 10.5. The van der Waals surface area contributed by atoms with Gasteiger partial charge < -0.3 is 29.9 Å². The SMILES string of the molecule is C[C@]12CC[C@@H](O[C@@H]3O[C@H](C(=O)O)[C@@H](O)[C@H](O)[C@H]3O)CC1CC[C@@H]1[C@@H]2CC[C@]2(C)C(=O)CC[C@@H]12. The quantitative estimate of drug-likeness (QED) is 0.463. The molecule has 0 radical (unpaired) electrons. The number of carboxylic acids is 1. The van der Waals surface area contributed by atoms with Crippen molar-refractivity contribution in [2.75, 3.05) is 0 Å². The number of rotatable bonds is 3. The van der Waals surface area contributed by atoms with Gasteiger partial charge in [0.05, 0.1) is 6.10 Å². The lowest BCUT2D eigenvalue weighted by Crippen LogP contribution is -2.61. The summed E-state index contributed by atoms with van der Waals surface area (Å²) >= 11 is 0. The van der Waals surface area contributed by atoms with Gasteiger partial charge in [-0.25, -0.2) is 4.79 Å². The molecule has 4 saturated carbocycles. The van der Waals surface area contributed by atoms with Crippen molar-refractivity contribution in [2.24, 2.45) is 34.5 Å². The normalized spacial score (nSPS) is 54.3. The van der Waals surface area contributed by atoms with Gasteiger partial charge >= 0.3 is 5.97 Å². The Morgan fingerprint density at radius 3 is 2.45 bits per heavy atom. The van der Waals surface area contributed by atoms with E-state index in [1.54, 1.807) is 0 Å². The molecule has 186 valence electrons. The number of aliphatic hydroxyl groups is 3. The summed E-state index contributed by atoms with van der Waals surface area (Å²) in [6.07, 6.45) is 0.719. The minimum atomic E-state index is -1.71. The van der Waals surface area contributed by atoms with Crippen molar-refractivity contribution in [2.45, 2.75) is 108 Å². The molecule has 12 atom stereocenters. The summed E-state index contributed by atoms with van der Waals surface area (Å²) in [6, 6.07) is 0. The summed E-state index contributed by atoms with van der Waals surface area (Å²) in [5.74, 6) is 1.28. The summed E-state index contributed by atoms with van der Waals surface area (Å²) in [5.41, 5.74) is 0.0757. The summed E-state index contributed by atoms with van der Waals surface area (Å²) in [7, 11) is 0. The van der Waals surface area contributed by atoms with Gasteiger partial charge in [0.15, 0.2) is 12.4 Å². The van der Waals surface area contributed by atoms with E-state index in [0.29, 0.717) is 29.5 Å². The van der Waals surface area contributed by atoms with Crippen molar-refractivity contribution >= 4 is 11.8 Å². The number of carbonyl (C=O) groups excluding carboxylic acids is 1. The van der Waals surface area contributed by atoms with E-state index >= 15 is 0 Å².